The first-order valence-corrected chi connectivity index (χ1v) is 10.4. The van der Waals surface area contributed by atoms with Gasteiger partial charge in [-0.25, -0.2) is 17.8 Å². The van der Waals surface area contributed by atoms with E-state index >= 15 is 0 Å². The van der Waals surface area contributed by atoms with E-state index in [2.05, 4.69) is 9.55 Å². The van der Waals surface area contributed by atoms with Gasteiger partial charge in [-0.3, -0.25) is 0 Å². The van der Waals surface area contributed by atoms with Crippen molar-refractivity contribution in [1.82, 2.24) is 13.9 Å². The molecule has 0 unspecified atom stereocenters. The number of aromatic nitrogens is 2. The Morgan fingerprint density at radius 3 is 2.85 bits per heavy atom. The quantitative estimate of drug-likeness (QED) is 0.773. The molecule has 1 saturated carbocycles. The molecule has 1 atom stereocenters. The highest BCUT2D eigenvalue weighted by molar-refractivity contribution is 7.90. The number of rotatable bonds is 6. The Morgan fingerprint density at radius 1 is 1.23 bits per heavy atom. The van der Waals surface area contributed by atoms with Gasteiger partial charge in [0.15, 0.2) is 5.82 Å². The Morgan fingerprint density at radius 2 is 2.08 bits per heavy atom. The third-order valence-corrected chi connectivity index (χ3v) is 7.29. The number of pyridine rings is 1. The standard InChI is InChI=1S/C18H22FN3O3S/c19-17-4-1-8-20-18(17)25-10-7-14-11-21-9-2-3-15(21)13-22(12-14)26(23,24)16-5-6-16/h1-4,8-9,14,16H,5-7,10-13H2/t14-/m1/s1. The molecule has 0 spiro atoms. The molecule has 4 rings (SSSR count). The van der Waals surface area contributed by atoms with Gasteiger partial charge in [-0.1, -0.05) is 0 Å². The summed E-state index contributed by atoms with van der Waals surface area (Å²) in [5.74, 6) is -0.395. The minimum Gasteiger partial charge on any atom is -0.476 e. The Hall–Kier alpha value is -1.93. The fraction of sp³-hybridized carbons (Fsp3) is 0.500. The molecule has 2 aliphatic rings. The van der Waals surface area contributed by atoms with Crippen LogP contribution in [0.2, 0.25) is 0 Å². The lowest BCUT2D eigenvalue weighted by Gasteiger charge is -2.23. The summed E-state index contributed by atoms with van der Waals surface area (Å²) in [5, 5.41) is -0.219. The van der Waals surface area contributed by atoms with Crippen LogP contribution in [0.1, 0.15) is 25.0 Å². The number of halogens is 1. The first-order valence-electron chi connectivity index (χ1n) is 8.90. The predicted octanol–water partition coefficient (Wildman–Crippen LogP) is 2.42. The van der Waals surface area contributed by atoms with Crippen molar-refractivity contribution in [3.63, 3.8) is 0 Å². The second kappa shape index (κ2) is 7.00. The molecule has 0 aromatic carbocycles. The zero-order chi connectivity index (χ0) is 18.1. The highest BCUT2D eigenvalue weighted by Gasteiger charge is 2.41. The molecule has 1 aliphatic heterocycles. The largest absolute Gasteiger partial charge is 0.476 e. The van der Waals surface area contributed by atoms with E-state index < -0.39 is 15.8 Å². The first-order chi connectivity index (χ1) is 12.5. The molecule has 2 aromatic rings. The van der Waals surface area contributed by atoms with Crippen LogP contribution in [0.15, 0.2) is 36.7 Å². The maximum atomic E-state index is 13.6. The summed E-state index contributed by atoms with van der Waals surface area (Å²) in [7, 11) is -3.24. The number of ether oxygens (including phenoxy) is 1. The molecule has 1 aliphatic carbocycles. The maximum absolute atomic E-state index is 13.6. The van der Waals surface area contributed by atoms with Crippen LogP contribution in [-0.4, -0.2) is 40.7 Å². The maximum Gasteiger partial charge on any atom is 0.250 e. The van der Waals surface area contributed by atoms with Gasteiger partial charge >= 0.3 is 0 Å². The minimum atomic E-state index is -3.24. The molecular weight excluding hydrogens is 357 g/mol. The van der Waals surface area contributed by atoms with Gasteiger partial charge in [0, 0.05) is 31.2 Å². The van der Waals surface area contributed by atoms with Gasteiger partial charge in [-0.15, -0.1) is 0 Å². The average Bonchev–Trinajstić information content (AvgIpc) is 3.41. The summed E-state index contributed by atoms with van der Waals surface area (Å²) in [6.45, 7) is 1.91. The number of nitrogens with zero attached hydrogens (tertiary/aromatic N) is 3. The van der Waals surface area contributed by atoms with Gasteiger partial charge in [-0.2, -0.15) is 4.31 Å². The normalized spacial score (nSPS) is 21.2. The molecule has 0 bridgehead atoms. The van der Waals surface area contributed by atoms with Crippen molar-refractivity contribution < 1.29 is 17.5 Å². The van der Waals surface area contributed by atoms with Crippen molar-refractivity contribution in [2.45, 2.75) is 37.6 Å². The van der Waals surface area contributed by atoms with Crippen molar-refractivity contribution in [2.24, 2.45) is 5.92 Å². The SMILES string of the molecule is O=S(=O)(C1CC1)N1Cc2cccn2C[C@@H](CCOc2ncccc2F)C1. The summed E-state index contributed by atoms with van der Waals surface area (Å²) >= 11 is 0. The Balaban J connectivity index is 1.46. The van der Waals surface area contributed by atoms with E-state index in [0.717, 1.165) is 25.1 Å². The number of sulfonamides is 1. The zero-order valence-corrected chi connectivity index (χ0v) is 15.2. The fourth-order valence-corrected chi connectivity index (χ4v) is 5.28. The predicted molar refractivity (Wildman–Crippen MR) is 94.6 cm³/mol. The summed E-state index contributed by atoms with van der Waals surface area (Å²) in [4.78, 5) is 3.88. The first kappa shape index (κ1) is 17.5. The highest BCUT2D eigenvalue weighted by Crippen LogP contribution is 2.33. The molecular formula is C18H22FN3O3S. The zero-order valence-electron chi connectivity index (χ0n) is 14.4. The topological polar surface area (TPSA) is 64.4 Å². The summed E-state index contributed by atoms with van der Waals surface area (Å²) < 4.78 is 48.3. The molecule has 3 heterocycles. The Kier molecular flexibility index (Phi) is 4.71. The third-order valence-electron chi connectivity index (χ3n) is 4.97. The van der Waals surface area contributed by atoms with Crippen molar-refractivity contribution in [2.75, 3.05) is 13.2 Å². The van der Waals surface area contributed by atoms with Gasteiger partial charge in [0.1, 0.15) is 0 Å². The molecule has 6 nitrogen and oxygen atoms in total. The van der Waals surface area contributed by atoms with Gasteiger partial charge in [0.05, 0.1) is 18.4 Å². The van der Waals surface area contributed by atoms with Crippen molar-refractivity contribution in [3.8, 4) is 5.88 Å². The molecule has 140 valence electrons. The van der Waals surface area contributed by atoms with Crippen LogP contribution >= 0.6 is 0 Å². The smallest absolute Gasteiger partial charge is 0.250 e. The lowest BCUT2D eigenvalue weighted by atomic mass is 10.1. The van der Waals surface area contributed by atoms with Gasteiger partial charge < -0.3 is 9.30 Å². The summed E-state index contributed by atoms with van der Waals surface area (Å²) in [6.07, 6.45) is 5.61. The van der Waals surface area contributed by atoms with E-state index in [1.807, 2.05) is 18.3 Å². The molecule has 0 amide bonds. The molecule has 0 N–H and O–H groups in total. The second-order valence-corrected chi connectivity index (χ2v) is 9.20. The van der Waals surface area contributed by atoms with E-state index in [-0.39, 0.29) is 17.0 Å². The van der Waals surface area contributed by atoms with Crippen LogP contribution in [0.25, 0.3) is 0 Å². The third kappa shape index (κ3) is 3.61. The van der Waals surface area contributed by atoms with Crippen LogP contribution in [-0.2, 0) is 23.1 Å². The van der Waals surface area contributed by atoms with Crippen LogP contribution in [0.4, 0.5) is 4.39 Å². The molecule has 8 heteroatoms. The van der Waals surface area contributed by atoms with Crippen molar-refractivity contribution in [3.05, 3.63) is 48.2 Å². The van der Waals surface area contributed by atoms with Gasteiger partial charge in [0.25, 0.3) is 0 Å². The van der Waals surface area contributed by atoms with E-state index in [0.29, 0.717) is 26.1 Å². The second-order valence-electron chi connectivity index (χ2n) is 6.98. The average molecular weight is 379 g/mol. The van der Waals surface area contributed by atoms with E-state index in [1.54, 1.807) is 4.31 Å². The summed E-state index contributed by atoms with van der Waals surface area (Å²) in [5.41, 5.74) is 1.01. The van der Waals surface area contributed by atoms with Gasteiger partial charge in [0.2, 0.25) is 15.9 Å². The highest BCUT2D eigenvalue weighted by atomic mass is 32.2. The fourth-order valence-electron chi connectivity index (χ4n) is 3.39. The van der Waals surface area contributed by atoms with Crippen LogP contribution in [0.5, 0.6) is 5.88 Å². The molecule has 1 fully saturated rings. The van der Waals surface area contributed by atoms with Gasteiger partial charge in [-0.05, 0) is 49.4 Å². The van der Waals surface area contributed by atoms with E-state index in [4.69, 9.17) is 4.74 Å². The number of hydrogen-bond acceptors (Lipinski definition) is 4. The lowest BCUT2D eigenvalue weighted by molar-refractivity contribution is 0.233. The minimum absolute atomic E-state index is 0.00904. The van der Waals surface area contributed by atoms with E-state index in [1.165, 1.54) is 18.3 Å². The van der Waals surface area contributed by atoms with Crippen molar-refractivity contribution in [1.29, 1.82) is 0 Å². The lowest BCUT2D eigenvalue weighted by Crippen LogP contribution is -2.36. The van der Waals surface area contributed by atoms with Crippen molar-refractivity contribution >= 4 is 10.0 Å². The van der Waals surface area contributed by atoms with Crippen LogP contribution in [0, 0.1) is 11.7 Å². The Labute approximate surface area is 152 Å². The monoisotopic (exact) mass is 379 g/mol. The van der Waals surface area contributed by atoms with Crippen LogP contribution < -0.4 is 4.74 Å². The van der Waals surface area contributed by atoms with Crippen LogP contribution in [0.3, 0.4) is 0 Å². The molecule has 26 heavy (non-hydrogen) atoms. The number of hydrogen-bond donors (Lipinski definition) is 0. The number of fused-ring (bicyclic) bond motifs is 1. The molecule has 0 radical (unpaired) electrons. The summed E-state index contributed by atoms with van der Waals surface area (Å²) in [6, 6.07) is 6.74. The molecule has 0 saturated heterocycles. The van der Waals surface area contributed by atoms with E-state index in [9.17, 15) is 12.8 Å². The molecule has 2 aromatic heterocycles. The Bertz CT molecular complexity index is 879.